The topological polar surface area (TPSA) is 27.1 Å². The van der Waals surface area contributed by atoms with Gasteiger partial charge >= 0.3 is 6.18 Å². The highest BCUT2D eigenvalue weighted by Crippen LogP contribution is 2.31. The number of aromatic nitrogens is 2. The molecule has 0 amide bonds. The fraction of sp³-hybridized carbons (Fsp3) is 0.182. The van der Waals surface area contributed by atoms with E-state index in [9.17, 15) is 13.2 Å². The molecule has 3 nitrogen and oxygen atoms in total. The number of ether oxygens (including phenoxy) is 1. The first-order valence-electron chi connectivity index (χ1n) is 4.88. The van der Waals surface area contributed by atoms with Crippen LogP contribution in [0, 0.1) is 0 Å². The van der Waals surface area contributed by atoms with Crippen LogP contribution in [0.1, 0.15) is 5.69 Å². The number of halogens is 4. The molecule has 0 bridgehead atoms. The Balaban J connectivity index is 2.41. The van der Waals surface area contributed by atoms with Gasteiger partial charge in [0.25, 0.3) is 0 Å². The molecular formula is C11H8BrF3N2O. The zero-order valence-electron chi connectivity index (χ0n) is 9.20. The van der Waals surface area contributed by atoms with E-state index in [-0.39, 0.29) is 4.73 Å². The monoisotopic (exact) mass is 320 g/mol. The number of hydrogen-bond acceptors (Lipinski definition) is 2. The molecule has 0 saturated carbocycles. The summed E-state index contributed by atoms with van der Waals surface area (Å²) in [7, 11) is 1.52. The van der Waals surface area contributed by atoms with Gasteiger partial charge in [0, 0.05) is 11.9 Å². The maximum absolute atomic E-state index is 12.5. The van der Waals surface area contributed by atoms with Gasteiger partial charge in [-0.3, -0.25) is 4.57 Å². The Morgan fingerprint density at radius 3 is 2.28 bits per heavy atom. The standard InChI is InChI=1S/C11H8BrF3N2O/c1-18-8-4-2-7(3-5-8)17-6-9(11(13,14)15)16-10(17)12/h2-6H,1H3. The number of imidazole rings is 1. The molecule has 96 valence electrons. The molecule has 0 fully saturated rings. The maximum Gasteiger partial charge on any atom is 0.434 e. The van der Waals surface area contributed by atoms with E-state index in [1.54, 1.807) is 24.3 Å². The number of hydrogen-bond donors (Lipinski definition) is 0. The molecule has 2 aromatic rings. The van der Waals surface area contributed by atoms with Crippen molar-refractivity contribution in [2.45, 2.75) is 6.18 Å². The van der Waals surface area contributed by atoms with Crippen LogP contribution in [0.2, 0.25) is 0 Å². The van der Waals surface area contributed by atoms with Crippen molar-refractivity contribution < 1.29 is 17.9 Å². The van der Waals surface area contributed by atoms with Crippen molar-refractivity contribution >= 4 is 15.9 Å². The van der Waals surface area contributed by atoms with Crippen LogP contribution in [0.3, 0.4) is 0 Å². The highest BCUT2D eigenvalue weighted by Gasteiger charge is 2.34. The second kappa shape index (κ2) is 4.64. The van der Waals surface area contributed by atoms with Gasteiger partial charge in [-0.15, -0.1) is 0 Å². The summed E-state index contributed by atoms with van der Waals surface area (Å²) in [4.78, 5) is 3.42. The second-order valence-corrected chi connectivity index (χ2v) is 4.17. The Morgan fingerprint density at radius 1 is 1.22 bits per heavy atom. The number of benzene rings is 1. The van der Waals surface area contributed by atoms with Crippen LogP contribution < -0.4 is 4.74 Å². The summed E-state index contributed by atoms with van der Waals surface area (Å²) in [6.07, 6.45) is -3.52. The third-order valence-electron chi connectivity index (χ3n) is 2.30. The van der Waals surface area contributed by atoms with Gasteiger partial charge in [0.2, 0.25) is 0 Å². The zero-order valence-corrected chi connectivity index (χ0v) is 10.8. The lowest BCUT2D eigenvalue weighted by Gasteiger charge is -2.05. The molecule has 0 radical (unpaired) electrons. The molecule has 0 N–H and O–H groups in total. The predicted octanol–water partition coefficient (Wildman–Crippen LogP) is 3.66. The van der Waals surface area contributed by atoms with E-state index in [4.69, 9.17) is 4.74 Å². The van der Waals surface area contributed by atoms with Crippen LogP contribution in [0.25, 0.3) is 5.69 Å². The molecule has 0 atom stereocenters. The highest BCUT2D eigenvalue weighted by atomic mass is 79.9. The quantitative estimate of drug-likeness (QED) is 0.844. The Morgan fingerprint density at radius 2 is 1.83 bits per heavy atom. The van der Waals surface area contributed by atoms with E-state index in [0.29, 0.717) is 11.4 Å². The molecule has 7 heteroatoms. The van der Waals surface area contributed by atoms with E-state index >= 15 is 0 Å². The summed E-state index contributed by atoms with van der Waals surface area (Å²) >= 11 is 3.00. The fourth-order valence-electron chi connectivity index (χ4n) is 1.42. The smallest absolute Gasteiger partial charge is 0.434 e. The molecule has 18 heavy (non-hydrogen) atoms. The Kier molecular flexibility index (Phi) is 3.34. The Bertz CT molecular complexity index is 548. The van der Waals surface area contributed by atoms with Crippen LogP contribution in [-0.2, 0) is 6.18 Å². The van der Waals surface area contributed by atoms with Gasteiger partial charge < -0.3 is 4.74 Å². The van der Waals surface area contributed by atoms with E-state index in [0.717, 1.165) is 6.20 Å². The number of alkyl halides is 3. The fourth-order valence-corrected chi connectivity index (χ4v) is 1.92. The minimum Gasteiger partial charge on any atom is -0.497 e. The summed E-state index contributed by atoms with van der Waals surface area (Å²) in [5.74, 6) is 0.631. The number of methoxy groups -OCH3 is 1. The summed E-state index contributed by atoms with van der Waals surface area (Å²) in [5, 5.41) is 0. The molecule has 1 heterocycles. The van der Waals surface area contributed by atoms with Crippen molar-refractivity contribution in [2.75, 3.05) is 7.11 Å². The molecule has 0 saturated heterocycles. The third kappa shape index (κ3) is 2.50. The normalized spacial score (nSPS) is 11.6. The van der Waals surface area contributed by atoms with E-state index in [1.807, 2.05) is 0 Å². The van der Waals surface area contributed by atoms with Crippen LogP contribution in [0.5, 0.6) is 5.75 Å². The third-order valence-corrected chi connectivity index (χ3v) is 2.86. The first kappa shape index (κ1) is 12.9. The Labute approximate surface area is 109 Å². The van der Waals surface area contributed by atoms with Gasteiger partial charge in [-0.2, -0.15) is 13.2 Å². The molecule has 1 aromatic carbocycles. The summed E-state index contributed by atoms with van der Waals surface area (Å²) in [6, 6.07) is 6.61. The average Bonchev–Trinajstić information content (AvgIpc) is 2.71. The Hall–Kier alpha value is -1.50. The molecule has 0 aliphatic rings. The number of nitrogens with zero attached hydrogens (tertiary/aromatic N) is 2. The van der Waals surface area contributed by atoms with Gasteiger partial charge in [-0.1, -0.05) is 0 Å². The van der Waals surface area contributed by atoms with Crippen molar-refractivity contribution in [3.05, 3.63) is 40.9 Å². The van der Waals surface area contributed by atoms with Crippen molar-refractivity contribution in [3.8, 4) is 11.4 Å². The first-order chi connectivity index (χ1) is 8.41. The molecule has 0 unspecified atom stereocenters. The van der Waals surface area contributed by atoms with Crippen LogP contribution in [-0.4, -0.2) is 16.7 Å². The van der Waals surface area contributed by atoms with E-state index in [2.05, 4.69) is 20.9 Å². The van der Waals surface area contributed by atoms with Crippen LogP contribution in [0.15, 0.2) is 35.2 Å². The average molecular weight is 321 g/mol. The van der Waals surface area contributed by atoms with Gasteiger partial charge in [-0.25, -0.2) is 4.98 Å². The lowest BCUT2D eigenvalue weighted by atomic mass is 10.3. The summed E-state index contributed by atoms with van der Waals surface area (Å²) in [5.41, 5.74) is -0.379. The van der Waals surface area contributed by atoms with Crippen molar-refractivity contribution in [3.63, 3.8) is 0 Å². The summed E-state index contributed by atoms with van der Waals surface area (Å²) in [6.45, 7) is 0. The lowest BCUT2D eigenvalue weighted by molar-refractivity contribution is -0.141. The van der Waals surface area contributed by atoms with Gasteiger partial charge in [-0.05, 0) is 40.2 Å². The second-order valence-electron chi connectivity index (χ2n) is 3.46. The van der Waals surface area contributed by atoms with E-state index < -0.39 is 11.9 Å². The zero-order chi connectivity index (χ0) is 13.3. The van der Waals surface area contributed by atoms with Crippen molar-refractivity contribution in [1.29, 1.82) is 0 Å². The van der Waals surface area contributed by atoms with Crippen molar-refractivity contribution in [2.24, 2.45) is 0 Å². The molecule has 1 aromatic heterocycles. The van der Waals surface area contributed by atoms with Gasteiger partial charge in [0.15, 0.2) is 10.4 Å². The molecule has 0 spiro atoms. The molecule has 2 rings (SSSR count). The van der Waals surface area contributed by atoms with Gasteiger partial charge in [0.05, 0.1) is 7.11 Å². The van der Waals surface area contributed by atoms with Crippen LogP contribution in [0.4, 0.5) is 13.2 Å². The molecule has 0 aliphatic carbocycles. The lowest BCUT2D eigenvalue weighted by Crippen LogP contribution is -2.04. The number of rotatable bonds is 2. The predicted molar refractivity (Wildman–Crippen MR) is 62.8 cm³/mol. The SMILES string of the molecule is COc1ccc(-n2cc(C(F)(F)F)nc2Br)cc1. The van der Waals surface area contributed by atoms with Crippen molar-refractivity contribution in [1.82, 2.24) is 9.55 Å². The minimum atomic E-state index is -4.46. The van der Waals surface area contributed by atoms with Gasteiger partial charge in [0.1, 0.15) is 5.75 Å². The molecule has 0 aliphatic heterocycles. The van der Waals surface area contributed by atoms with E-state index in [1.165, 1.54) is 11.7 Å². The minimum absolute atomic E-state index is 0.0972. The largest absolute Gasteiger partial charge is 0.497 e. The van der Waals surface area contributed by atoms with Crippen LogP contribution >= 0.6 is 15.9 Å². The first-order valence-corrected chi connectivity index (χ1v) is 5.67. The summed E-state index contributed by atoms with van der Waals surface area (Å²) < 4.78 is 43.9. The molecular weight excluding hydrogens is 313 g/mol. The highest BCUT2D eigenvalue weighted by molar-refractivity contribution is 9.10. The maximum atomic E-state index is 12.5.